The lowest BCUT2D eigenvalue weighted by atomic mass is 9.97. The first-order chi connectivity index (χ1) is 7.25. The predicted molar refractivity (Wildman–Crippen MR) is 59.3 cm³/mol. The third kappa shape index (κ3) is 2.78. The highest BCUT2D eigenvalue weighted by Gasteiger charge is 2.19. The summed E-state index contributed by atoms with van der Waals surface area (Å²) in [5, 5.41) is 4.05. The van der Waals surface area contributed by atoms with E-state index in [9.17, 15) is 0 Å². The van der Waals surface area contributed by atoms with Crippen molar-refractivity contribution in [3.8, 4) is 0 Å². The molecular formula is C11H20N4. The molecule has 1 heterocycles. The van der Waals surface area contributed by atoms with Crippen LogP contribution in [-0.2, 0) is 13.5 Å². The minimum absolute atomic E-state index is 0.246. The zero-order chi connectivity index (χ0) is 10.7. The number of hydrogen-bond acceptors (Lipinski definition) is 3. The van der Waals surface area contributed by atoms with Crippen LogP contribution in [0.5, 0.6) is 0 Å². The van der Waals surface area contributed by atoms with Gasteiger partial charge in [0.2, 0.25) is 0 Å². The highest BCUT2D eigenvalue weighted by atomic mass is 15.3. The van der Waals surface area contributed by atoms with E-state index in [-0.39, 0.29) is 6.04 Å². The summed E-state index contributed by atoms with van der Waals surface area (Å²) in [6, 6.07) is 0.246. The molecule has 84 valence electrons. The first kappa shape index (κ1) is 10.6. The van der Waals surface area contributed by atoms with Crippen molar-refractivity contribution in [1.29, 1.82) is 0 Å². The van der Waals surface area contributed by atoms with Gasteiger partial charge in [0.25, 0.3) is 0 Å². The van der Waals surface area contributed by atoms with Crippen molar-refractivity contribution in [2.24, 2.45) is 18.7 Å². The smallest absolute Gasteiger partial charge is 0.138 e. The third-order valence-corrected chi connectivity index (χ3v) is 3.36. The molecule has 1 unspecified atom stereocenters. The largest absolute Gasteiger partial charge is 0.327 e. The van der Waals surface area contributed by atoms with Crippen molar-refractivity contribution in [3.05, 3.63) is 12.2 Å². The lowest BCUT2D eigenvalue weighted by Crippen LogP contribution is -2.26. The van der Waals surface area contributed by atoms with Crippen molar-refractivity contribution in [1.82, 2.24) is 14.8 Å². The molecule has 1 aromatic heterocycles. The molecule has 4 nitrogen and oxygen atoms in total. The monoisotopic (exact) mass is 208 g/mol. The van der Waals surface area contributed by atoms with Gasteiger partial charge in [0.15, 0.2) is 0 Å². The van der Waals surface area contributed by atoms with Gasteiger partial charge in [-0.3, -0.25) is 4.68 Å². The van der Waals surface area contributed by atoms with Crippen LogP contribution in [0.15, 0.2) is 6.33 Å². The van der Waals surface area contributed by atoms with Crippen LogP contribution < -0.4 is 5.73 Å². The highest BCUT2D eigenvalue weighted by Crippen LogP contribution is 2.28. The van der Waals surface area contributed by atoms with Gasteiger partial charge in [0, 0.05) is 19.5 Å². The number of aryl methyl sites for hydroxylation is 1. The molecule has 1 saturated carbocycles. The van der Waals surface area contributed by atoms with E-state index < -0.39 is 0 Å². The molecule has 0 saturated heterocycles. The average molecular weight is 208 g/mol. The minimum atomic E-state index is 0.246. The maximum Gasteiger partial charge on any atom is 0.138 e. The average Bonchev–Trinajstić information content (AvgIpc) is 2.79. The maximum atomic E-state index is 6.13. The maximum absolute atomic E-state index is 6.13. The topological polar surface area (TPSA) is 56.7 Å². The lowest BCUT2D eigenvalue weighted by Gasteiger charge is -2.15. The molecular weight excluding hydrogens is 188 g/mol. The van der Waals surface area contributed by atoms with Crippen LogP contribution in [0.2, 0.25) is 0 Å². The molecule has 0 amide bonds. The number of nitrogens with zero attached hydrogens (tertiary/aromatic N) is 3. The van der Waals surface area contributed by atoms with Crippen LogP contribution in [0.4, 0.5) is 0 Å². The summed E-state index contributed by atoms with van der Waals surface area (Å²) in [6.45, 7) is 0. The van der Waals surface area contributed by atoms with Crippen LogP contribution in [0, 0.1) is 5.92 Å². The zero-order valence-electron chi connectivity index (χ0n) is 9.39. The Kier molecular flexibility index (Phi) is 3.36. The fraction of sp³-hybridized carbons (Fsp3) is 0.818. The molecule has 1 fully saturated rings. The highest BCUT2D eigenvalue weighted by molar-refractivity contribution is 4.89. The number of rotatable bonds is 4. The number of nitrogens with two attached hydrogens (primary N) is 1. The van der Waals surface area contributed by atoms with E-state index in [4.69, 9.17) is 5.73 Å². The molecule has 1 aromatic rings. The van der Waals surface area contributed by atoms with Crippen LogP contribution in [-0.4, -0.2) is 20.8 Å². The summed E-state index contributed by atoms with van der Waals surface area (Å²) in [7, 11) is 1.92. The van der Waals surface area contributed by atoms with Gasteiger partial charge < -0.3 is 5.73 Å². The molecule has 2 N–H and O–H groups in total. The fourth-order valence-electron chi connectivity index (χ4n) is 2.50. The molecule has 2 rings (SSSR count). The normalized spacial score (nSPS) is 19.6. The predicted octanol–water partition coefficient (Wildman–Crippen LogP) is 1.27. The Labute approximate surface area is 90.9 Å². The van der Waals surface area contributed by atoms with Crippen LogP contribution >= 0.6 is 0 Å². The van der Waals surface area contributed by atoms with Gasteiger partial charge in [0.05, 0.1) is 0 Å². The number of aromatic nitrogens is 3. The van der Waals surface area contributed by atoms with E-state index in [1.54, 1.807) is 6.33 Å². The number of hydrogen-bond donors (Lipinski definition) is 1. The van der Waals surface area contributed by atoms with Gasteiger partial charge in [0.1, 0.15) is 12.2 Å². The van der Waals surface area contributed by atoms with Gasteiger partial charge in [-0.25, -0.2) is 4.98 Å². The van der Waals surface area contributed by atoms with Crippen LogP contribution in [0.25, 0.3) is 0 Å². The molecule has 1 aliphatic carbocycles. The third-order valence-electron chi connectivity index (χ3n) is 3.36. The Bertz CT molecular complexity index is 301. The molecule has 1 atom stereocenters. The standard InChI is InChI=1S/C11H20N4/c1-15-11(13-8-14-15)7-10(12)6-9-4-2-3-5-9/h8-10H,2-7,12H2,1H3. The molecule has 0 radical (unpaired) electrons. The van der Waals surface area contributed by atoms with Gasteiger partial charge in [-0.2, -0.15) is 5.10 Å². The van der Waals surface area contributed by atoms with E-state index in [1.165, 1.54) is 25.7 Å². The first-order valence-electron chi connectivity index (χ1n) is 5.84. The van der Waals surface area contributed by atoms with Gasteiger partial charge >= 0.3 is 0 Å². The lowest BCUT2D eigenvalue weighted by molar-refractivity contribution is 0.432. The molecule has 4 heteroatoms. The minimum Gasteiger partial charge on any atom is -0.327 e. The summed E-state index contributed by atoms with van der Waals surface area (Å²) in [4.78, 5) is 4.20. The van der Waals surface area contributed by atoms with Crippen molar-refractivity contribution in [2.75, 3.05) is 0 Å². The van der Waals surface area contributed by atoms with E-state index in [1.807, 2.05) is 11.7 Å². The fourth-order valence-corrected chi connectivity index (χ4v) is 2.50. The summed E-state index contributed by atoms with van der Waals surface area (Å²) >= 11 is 0. The Balaban J connectivity index is 1.81. The van der Waals surface area contributed by atoms with E-state index in [2.05, 4.69) is 10.1 Å². The second kappa shape index (κ2) is 4.75. The van der Waals surface area contributed by atoms with Gasteiger partial charge in [-0.15, -0.1) is 0 Å². The van der Waals surface area contributed by atoms with Crippen molar-refractivity contribution in [2.45, 2.75) is 44.6 Å². The molecule has 0 spiro atoms. The zero-order valence-corrected chi connectivity index (χ0v) is 9.39. The summed E-state index contributed by atoms with van der Waals surface area (Å²) in [6.07, 6.45) is 9.11. The first-order valence-corrected chi connectivity index (χ1v) is 5.84. The van der Waals surface area contributed by atoms with E-state index in [0.29, 0.717) is 0 Å². The Morgan fingerprint density at radius 2 is 2.27 bits per heavy atom. The summed E-state index contributed by atoms with van der Waals surface area (Å²) in [5.41, 5.74) is 6.13. The second-order valence-corrected chi connectivity index (χ2v) is 4.65. The Morgan fingerprint density at radius 1 is 1.53 bits per heavy atom. The second-order valence-electron chi connectivity index (χ2n) is 4.65. The van der Waals surface area contributed by atoms with Gasteiger partial charge in [-0.1, -0.05) is 25.7 Å². The van der Waals surface area contributed by atoms with Crippen molar-refractivity contribution >= 4 is 0 Å². The van der Waals surface area contributed by atoms with Gasteiger partial charge in [-0.05, 0) is 12.3 Å². The molecule has 0 aromatic carbocycles. The Morgan fingerprint density at radius 3 is 2.87 bits per heavy atom. The molecule has 1 aliphatic rings. The SMILES string of the molecule is Cn1ncnc1CC(N)CC1CCCC1. The van der Waals surface area contributed by atoms with E-state index >= 15 is 0 Å². The summed E-state index contributed by atoms with van der Waals surface area (Å²) in [5.74, 6) is 1.86. The quantitative estimate of drug-likeness (QED) is 0.810. The summed E-state index contributed by atoms with van der Waals surface area (Å²) < 4.78 is 1.81. The van der Waals surface area contributed by atoms with Crippen molar-refractivity contribution in [3.63, 3.8) is 0 Å². The van der Waals surface area contributed by atoms with Crippen LogP contribution in [0.1, 0.15) is 37.9 Å². The molecule has 15 heavy (non-hydrogen) atoms. The molecule has 0 aliphatic heterocycles. The van der Waals surface area contributed by atoms with Crippen molar-refractivity contribution < 1.29 is 0 Å². The van der Waals surface area contributed by atoms with E-state index in [0.717, 1.165) is 24.6 Å². The molecule has 0 bridgehead atoms. The Hall–Kier alpha value is -0.900. The van der Waals surface area contributed by atoms with Crippen LogP contribution in [0.3, 0.4) is 0 Å².